The van der Waals surface area contributed by atoms with Gasteiger partial charge in [-0.1, -0.05) is 13.3 Å². The first-order chi connectivity index (χ1) is 10.1. The van der Waals surface area contributed by atoms with Crippen LogP contribution >= 0.6 is 0 Å². The van der Waals surface area contributed by atoms with Crippen molar-refractivity contribution in [3.63, 3.8) is 0 Å². The number of hydrogen-bond donors (Lipinski definition) is 2. The SMILES string of the molecule is CCCCS(=O)(=O)NCC(=O)Nc1ccc(C(F)(F)F)cc1. The zero-order valence-electron chi connectivity index (χ0n) is 11.9. The van der Waals surface area contributed by atoms with Crippen LogP contribution in [0.1, 0.15) is 25.3 Å². The molecule has 0 aliphatic rings. The van der Waals surface area contributed by atoms with Crippen molar-refractivity contribution in [2.24, 2.45) is 0 Å². The topological polar surface area (TPSA) is 75.3 Å². The van der Waals surface area contributed by atoms with Gasteiger partial charge in [0.2, 0.25) is 15.9 Å². The number of carbonyl (C=O) groups excluding carboxylic acids is 1. The fourth-order valence-corrected chi connectivity index (χ4v) is 2.69. The fourth-order valence-electron chi connectivity index (χ4n) is 1.53. The van der Waals surface area contributed by atoms with Crippen LogP contribution in [0.15, 0.2) is 24.3 Å². The summed E-state index contributed by atoms with van der Waals surface area (Å²) in [5.41, 5.74) is -0.670. The van der Waals surface area contributed by atoms with Gasteiger partial charge in [-0.05, 0) is 30.7 Å². The first-order valence-corrected chi connectivity index (χ1v) is 8.24. The van der Waals surface area contributed by atoms with Crippen molar-refractivity contribution in [1.82, 2.24) is 4.72 Å². The van der Waals surface area contributed by atoms with Gasteiger partial charge in [0, 0.05) is 5.69 Å². The predicted octanol–water partition coefficient (Wildman–Crippen LogP) is 2.36. The molecule has 0 atom stereocenters. The van der Waals surface area contributed by atoms with Crippen LogP contribution in [0.25, 0.3) is 0 Å². The Hall–Kier alpha value is -1.61. The van der Waals surface area contributed by atoms with Crippen molar-refractivity contribution in [3.05, 3.63) is 29.8 Å². The molecule has 22 heavy (non-hydrogen) atoms. The van der Waals surface area contributed by atoms with Crippen LogP contribution in [0.4, 0.5) is 18.9 Å². The van der Waals surface area contributed by atoms with Crippen molar-refractivity contribution in [2.75, 3.05) is 17.6 Å². The van der Waals surface area contributed by atoms with E-state index < -0.39 is 34.2 Å². The van der Waals surface area contributed by atoms with Gasteiger partial charge in [-0.25, -0.2) is 13.1 Å². The molecule has 9 heteroatoms. The molecule has 0 spiro atoms. The van der Waals surface area contributed by atoms with Gasteiger partial charge in [-0.2, -0.15) is 13.2 Å². The third-order valence-electron chi connectivity index (χ3n) is 2.72. The number of sulfonamides is 1. The average Bonchev–Trinajstić information content (AvgIpc) is 2.43. The second-order valence-corrected chi connectivity index (χ2v) is 6.54. The summed E-state index contributed by atoms with van der Waals surface area (Å²) in [6.45, 7) is 1.37. The van der Waals surface area contributed by atoms with Gasteiger partial charge in [0.15, 0.2) is 0 Å². The van der Waals surface area contributed by atoms with Gasteiger partial charge in [-0.15, -0.1) is 0 Å². The van der Waals surface area contributed by atoms with Gasteiger partial charge >= 0.3 is 6.18 Å². The molecular weight excluding hydrogens is 321 g/mol. The Morgan fingerprint density at radius 2 is 1.77 bits per heavy atom. The highest BCUT2D eigenvalue weighted by molar-refractivity contribution is 7.89. The second kappa shape index (κ2) is 7.59. The normalized spacial score (nSPS) is 12.2. The lowest BCUT2D eigenvalue weighted by Crippen LogP contribution is -2.34. The van der Waals surface area contributed by atoms with E-state index in [0.717, 1.165) is 24.3 Å². The van der Waals surface area contributed by atoms with Gasteiger partial charge in [0.1, 0.15) is 0 Å². The molecular formula is C13H17F3N2O3S. The van der Waals surface area contributed by atoms with E-state index in [4.69, 9.17) is 0 Å². The summed E-state index contributed by atoms with van der Waals surface area (Å²) in [4.78, 5) is 11.6. The molecule has 0 bridgehead atoms. The Morgan fingerprint density at radius 3 is 2.27 bits per heavy atom. The molecule has 0 heterocycles. The minimum atomic E-state index is -4.45. The molecule has 1 rings (SSSR count). The summed E-state index contributed by atoms with van der Waals surface area (Å²) < 4.78 is 62.2. The minimum Gasteiger partial charge on any atom is -0.325 e. The van der Waals surface area contributed by atoms with E-state index >= 15 is 0 Å². The number of anilines is 1. The molecule has 5 nitrogen and oxygen atoms in total. The fraction of sp³-hybridized carbons (Fsp3) is 0.462. The van der Waals surface area contributed by atoms with E-state index in [1.807, 2.05) is 6.92 Å². The lowest BCUT2D eigenvalue weighted by Gasteiger charge is -2.09. The Kier molecular flexibility index (Phi) is 6.36. The van der Waals surface area contributed by atoms with E-state index in [1.165, 1.54) is 0 Å². The molecule has 124 valence electrons. The molecule has 0 saturated carbocycles. The summed E-state index contributed by atoms with van der Waals surface area (Å²) in [5, 5.41) is 2.32. The number of rotatable bonds is 7. The smallest absolute Gasteiger partial charge is 0.325 e. The predicted molar refractivity (Wildman–Crippen MR) is 76.8 cm³/mol. The Balaban J connectivity index is 2.52. The molecule has 1 amide bonds. The maximum absolute atomic E-state index is 12.4. The molecule has 0 aliphatic heterocycles. The Morgan fingerprint density at radius 1 is 1.18 bits per heavy atom. The van der Waals surface area contributed by atoms with E-state index in [0.29, 0.717) is 12.8 Å². The monoisotopic (exact) mass is 338 g/mol. The number of benzene rings is 1. The van der Waals surface area contributed by atoms with Crippen molar-refractivity contribution < 1.29 is 26.4 Å². The summed E-state index contributed by atoms with van der Waals surface area (Å²) in [6.07, 6.45) is -3.26. The summed E-state index contributed by atoms with van der Waals surface area (Å²) in [7, 11) is -3.52. The van der Waals surface area contributed by atoms with Crippen LogP contribution < -0.4 is 10.0 Å². The first-order valence-electron chi connectivity index (χ1n) is 6.58. The zero-order chi connectivity index (χ0) is 16.8. The average molecular weight is 338 g/mol. The van der Waals surface area contributed by atoms with E-state index in [-0.39, 0.29) is 11.4 Å². The third-order valence-corrected chi connectivity index (χ3v) is 4.13. The van der Waals surface area contributed by atoms with Crippen molar-refractivity contribution in [2.45, 2.75) is 25.9 Å². The second-order valence-electron chi connectivity index (χ2n) is 4.62. The molecule has 0 aromatic heterocycles. The van der Waals surface area contributed by atoms with E-state index in [1.54, 1.807) is 0 Å². The highest BCUT2D eigenvalue weighted by Crippen LogP contribution is 2.29. The Labute approximate surface area is 127 Å². The largest absolute Gasteiger partial charge is 0.416 e. The van der Waals surface area contributed by atoms with Crippen molar-refractivity contribution in [3.8, 4) is 0 Å². The highest BCUT2D eigenvalue weighted by Gasteiger charge is 2.29. The number of halogens is 3. The van der Waals surface area contributed by atoms with E-state index in [2.05, 4.69) is 10.0 Å². The molecule has 0 aliphatic carbocycles. The van der Waals surface area contributed by atoms with Crippen LogP contribution in [0.3, 0.4) is 0 Å². The standard InChI is InChI=1S/C13H17F3N2O3S/c1-2-3-8-22(20,21)17-9-12(19)18-11-6-4-10(5-7-11)13(14,15)16/h4-7,17H,2-3,8-9H2,1H3,(H,18,19). The van der Waals surface area contributed by atoms with Gasteiger partial charge in [0.25, 0.3) is 0 Å². The molecule has 1 aromatic carbocycles. The first kappa shape index (κ1) is 18.4. The number of unbranched alkanes of at least 4 members (excludes halogenated alkanes) is 1. The maximum Gasteiger partial charge on any atom is 0.416 e. The van der Waals surface area contributed by atoms with E-state index in [9.17, 15) is 26.4 Å². The van der Waals surface area contributed by atoms with Crippen LogP contribution in [-0.2, 0) is 21.0 Å². The number of amides is 1. The number of carbonyl (C=O) groups is 1. The van der Waals surface area contributed by atoms with Crippen LogP contribution in [0.2, 0.25) is 0 Å². The van der Waals surface area contributed by atoms with Gasteiger partial charge < -0.3 is 5.32 Å². The quantitative estimate of drug-likeness (QED) is 0.801. The molecule has 0 unspecified atom stereocenters. The summed E-state index contributed by atoms with van der Waals surface area (Å²) in [5.74, 6) is -0.725. The summed E-state index contributed by atoms with van der Waals surface area (Å²) in [6, 6.07) is 3.88. The van der Waals surface area contributed by atoms with Crippen LogP contribution in [-0.4, -0.2) is 26.6 Å². The van der Waals surface area contributed by atoms with Crippen LogP contribution in [0, 0.1) is 0 Å². The number of nitrogens with one attached hydrogen (secondary N) is 2. The molecule has 2 N–H and O–H groups in total. The molecule has 0 fully saturated rings. The van der Waals surface area contributed by atoms with Crippen molar-refractivity contribution in [1.29, 1.82) is 0 Å². The molecule has 0 saturated heterocycles. The molecule has 1 aromatic rings. The Bertz CT molecular complexity index is 598. The van der Waals surface area contributed by atoms with Gasteiger partial charge in [0.05, 0.1) is 17.9 Å². The summed E-state index contributed by atoms with van der Waals surface area (Å²) >= 11 is 0. The zero-order valence-corrected chi connectivity index (χ0v) is 12.7. The highest BCUT2D eigenvalue weighted by atomic mass is 32.2. The number of alkyl halides is 3. The number of hydrogen-bond acceptors (Lipinski definition) is 3. The maximum atomic E-state index is 12.4. The lowest BCUT2D eigenvalue weighted by atomic mass is 10.2. The van der Waals surface area contributed by atoms with Gasteiger partial charge in [-0.3, -0.25) is 4.79 Å². The molecule has 0 radical (unpaired) electrons. The lowest BCUT2D eigenvalue weighted by molar-refractivity contribution is -0.137. The van der Waals surface area contributed by atoms with Crippen LogP contribution in [0.5, 0.6) is 0 Å². The third kappa shape index (κ3) is 6.44. The van der Waals surface area contributed by atoms with Crippen molar-refractivity contribution >= 4 is 21.6 Å². The minimum absolute atomic E-state index is 0.0724.